The van der Waals surface area contributed by atoms with Crippen molar-refractivity contribution in [2.24, 2.45) is 5.92 Å². The SMILES string of the molecule is COc1ccc(CCCCCNCC(C)C)c(F)c1. The summed E-state index contributed by atoms with van der Waals surface area (Å²) in [7, 11) is 1.55. The fourth-order valence-electron chi connectivity index (χ4n) is 1.99. The van der Waals surface area contributed by atoms with Crippen LogP contribution < -0.4 is 10.1 Å². The Labute approximate surface area is 116 Å². The molecular formula is C16H26FNO. The number of ether oxygens (including phenoxy) is 1. The molecule has 0 aliphatic heterocycles. The molecule has 108 valence electrons. The maximum absolute atomic E-state index is 13.7. The number of unbranched alkanes of at least 4 members (excludes halogenated alkanes) is 2. The van der Waals surface area contributed by atoms with Crippen LogP contribution in [0.4, 0.5) is 4.39 Å². The van der Waals surface area contributed by atoms with Crippen LogP contribution in [0.25, 0.3) is 0 Å². The van der Waals surface area contributed by atoms with Crippen molar-refractivity contribution in [2.75, 3.05) is 20.2 Å². The lowest BCUT2D eigenvalue weighted by atomic mass is 10.1. The molecule has 0 bridgehead atoms. The van der Waals surface area contributed by atoms with Crippen molar-refractivity contribution in [3.63, 3.8) is 0 Å². The van der Waals surface area contributed by atoms with Gasteiger partial charge in [-0.15, -0.1) is 0 Å². The first kappa shape index (κ1) is 16.0. The van der Waals surface area contributed by atoms with Crippen LogP contribution in [-0.2, 0) is 6.42 Å². The number of hydrogen-bond acceptors (Lipinski definition) is 2. The molecule has 0 amide bonds. The van der Waals surface area contributed by atoms with Gasteiger partial charge in [0.2, 0.25) is 0 Å². The smallest absolute Gasteiger partial charge is 0.130 e. The molecule has 1 aromatic carbocycles. The first-order valence-electron chi connectivity index (χ1n) is 7.16. The van der Waals surface area contributed by atoms with Crippen LogP contribution in [-0.4, -0.2) is 20.2 Å². The van der Waals surface area contributed by atoms with E-state index in [0.29, 0.717) is 11.7 Å². The maximum atomic E-state index is 13.7. The van der Waals surface area contributed by atoms with Crippen LogP contribution in [0, 0.1) is 11.7 Å². The van der Waals surface area contributed by atoms with E-state index in [-0.39, 0.29) is 5.82 Å². The number of aryl methyl sites for hydroxylation is 1. The van der Waals surface area contributed by atoms with Crippen LogP contribution in [0.1, 0.15) is 38.7 Å². The Hall–Kier alpha value is -1.09. The maximum Gasteiger partial charge on any atom is 0.130 e. The molecule has 0 aromatic heterocycles. The molecule has 0 spiro atoms. The van der Waals surface area contributed by atoms with E-state index < -0.39 is 0 Å². The molecular weight excluding hydrogens is 241 g/mol. The molecule has 0 radical (unpaired) electrons. The molecule has 19 heavy (non-hydrogen) atoms. The van der Waals surface area contributed by atoms with Gasteiger partial charge in [0, 0.05) is 6.07 Å². The molecule has 0 saturated carbocycles. The lowest BCUT2D eigenvalue weighted by molar-refractivity contribution is 0.410. The van der Waals surface area contributed by atoms with E-state index in [1.54, 1.807) is 7.11 Å². The molecule has 0 saturated heterocycles. The molecule has 1 aromatic rings. The van der Waals surface area contributed by atoms with E-state index in [1.807, 2.05) is 12.1 Å². The fraction of sp³-hybridized carbons (Fsp3) is 0.625. The molecule has 1 rings (SSSR count). The minimum atomic E-state index is -0.155. The van der Waals surface area contributed by atoms with Gasteiger partial charge in [-0.1, -0.05) is 26.3 Å². The predicted octanol–water partition coefficient (Wildman–Crippen LogP) is 3.79. The highest BCUT2D eigenvalue weighted by molar-refractivity contribution is 5.28. The summed E-state index contributed by atoms with van der Waals surface area (Å²) in [5.74, 6) is 1.13. The summed E-state index contributed by atoms with van der Waals surface area (Å²) < 4.78 is 18.7. The first-order valence-corrected chi connectivity index (χ1v) is 7.16. The van der Waals surface area contributed by atoms with Gasteiger partial charge in [0.05, 0.1) is 7.11 Å². The summed E-state index contributed by atoms with van der Waals surface area (Å²) in [4.78, 5) is 0. The molecule has 1 N–H and O–H groups in total. The second-order valence-corrected chi connectivity index (χ2v) is 5.37. The number of methoxy groups -OCH3 is 1. The first-order chi connectivity index (χ1) is 9.13. The molecule has 0 heterocycles. The molecule has 2 nitrogen and oxygen atoms in total. The van der Waals surface area contributed by atoms with Gasteiger partial charge in [0.15, 0.2) is 0 Å². The fourth-order valence-corrected chi connectivity index (χ4v) is 1.99. The zero-order valence-corrected chi connectivity index (χ0v) is 12.3. The van der Waals surface area contributed by atoms with Gasteiger partial charge in [-0.05, 0) is 49.9 Å². The van der Waals surface area contributed by atoms with E-state index in [2.05, 4.69) is 19.2 Å². The van der Waals surface area contributed by atoms with Gasteiger partial charge in [0.25, 0.3) is 0 Å². The van der Waals surface area contributed by atoms with Crippen molar-refractivity contribution in [3.05, 3.63) is 29.6 Å². The van der Waals surface area contributed by atoms with Crippen molar-refractivity contribution < 1.29 is 9.13 Å². The summed E-state index contributed by atoms with van der Waals surface area (Å²) in [6.07, 6.45) is 4.13. The third-order valence-electron chi connectivity index (χ3n) is 3.11. The Morgan fingerprint density at radius 1 is 1.21 bits per heavy atom. The van der Waals surface area contributed by atoms with Gasteiger partial charge in [-0.3, -0.25) is 0 Å². The largest absolute Gasteiger partial charge is 0.497 e. The standard InChI is InChI=1S/C16H26FNO/c1-13(2)12-18-10-6-4-5-7-14-8-9-15(19-3)11-16(14)17/h8-9,11,13,18H,4-7,10,12H2,1-3H3. The van der Waals surface area contributed by atoms with Crippen molar-refractivity contribution in [1.29, 1.82) is 0 Å². The predicted molar refractivity (Wildman–Crippen MR) is 78.2 cm³/mol. The molecule has 0 aliphatic carbocycles. The third-order valence-corrected chi connectivity index (χ3v) is 3.11. The van der Waals surface area contributed by atoms with E-state index in [1.165, 1.54) is 6.07 Å². The summed E-state index contributed by atoms with van der Waals surface area (Å²) >= 11 is 0. The summed E-state index contributed by atoms with van der Waals surface area (Å²) in [5.41, 5.74) is 0.788. The Kier molecular flexibility index (Phi) is 7.49. The van der Waals surface area contributed by atoms with Crippen molar-refractivity contribution in [1.82, 2.24) is 5.32 Å². The number of nitrogens with one attached hydrogen (secondary N) is 1. The van der Waals surface area contributed by atoms with E-state index in [0.717, 1.165) is 44.3 Å². The zero-order valence-electron chi connectivity index (χ0n) is 12.3. The number of halogens is 1. The summed E-state index contributed by atoms with van der Waals surface area (Å²) in [6, 6.07) is 5.10. The highest BCUT2D eigenvalue weighted by atomic mass is 19.1. The second-order valence-electron chi connectivity index (χ2n) is 5.37. The van der Waals surface area contributed by atoms with Crippen molar-refractivity contribution in [3.8, 4) is 5.75 Å². The Balaban J connectivity index is 2.15. The summed E-state index contributed by atoms with van der Waals surface area (Å²) in [6.45, 7) is 6.55. The monoisotopic (exact) mass is 267 g/mol. The molecule has 0 fully saturated rings. The van der Waals surface area contributed by atoms with Crippen LogP contribution in [0.2, 0.25) is 0 Å². The van der Waals surface area contributed by atoms with Crippen LogP contribution in [0.5, 0.6) is 5.75 Å². The zero-order chi connectivity index (χ0) is 14.1. The van der Waals surface area contributed by atoms with Crippen LogP contribution in [0.3, 0.4) is 0 Å². The Morgan fingerprint density at radius 2 is 2.00 bits per heavy atom. The van der Waals surface area contributed by atoms with Crippen LogP contribution in [0.15, 0.2) is 18.2 Å². The highest BCUT2D eigenvalue weighted by Gasteiger charge is 2.03. The number of hydrogen-bond donors (Lipinski definition) is 1. The van der Waals surface area contributed by atoms with Gasteiger partial charge < -0.3 is 10.1 Å². The van der Waals surface area contributed by atoms with Crippen molar-refractivity contribution >= 4 is 0 Å². The normalized spacial score (nSPS) is 11.0. The second kappa shape index (κ2) is 8.92. The molecule has 3 heteroatoms. The van der Waals surface area contributed by atoms with Gasteiger partial charge >= 0.3 is 0 Å². The molecule has 0 aliphatic rings. The minimum absolute atomic E-state index is 0.155. The average molecular weight is 267 g/mol. The van der Waals surface area contributed by atoms with E-state index in [4.69, 9.17) is 4.74 Å². The van der Waals surface area contributed by atoms with Crippen molar-refractivity contribution in [2.45, 2.75) is 39.5 Å². The third kappa shape index (κ3) is 6.58. The molecule has 0 atom stereocenters. The minimum Gasteiger partial charge on any atom is -0.497 e. The number of benzene rings is 1. The lowest BCUT2D eigenvalue weighted by Gasteiger charge is -2.08. The number of rotatable bonds is 9. The molecule has 0 unspecified atom stereocenters. The summed E-state index contributed by atoms with van der Waals surface area (Å²) in [5, 5.41) is 3.42. The topological polar surface area (TPSA) is 21.3 Å². The van der Waals surface area contributed by atoms with E-state index >= 15 is 0 Å². The van der Waals surface area contributed by atoms with Gasteiger partial charge in [0.1, 0.15) is 11.6 Å². The quantitative estimate of drug-likeness (QED) is 0.687. The Bertz CT molecular complexity index is 366. The van der Waals surface area contributed by atoms with Gasteiger partial charge in [-0.25, -0.2) is 4.39 Å². The van der Waals surface area contributed by atoms with Crippen LogP contribution >= 0.6 is 0 Å². The van der Waals surface area contributed by atoms with E-state index in [9.17, 15) is 4.39 Å². The average Bonchev–Trinajstić information content (AvgIpc) is 2.38. The highest BCUT2D eigenvalue weighted by Crippen LogP contribution is 2.18. The Morgan fingerprint density at radius 3 is 2.63 bits per heavy atom. The lowest BCUT2D eigenvalue weighted by Crippen LogP contribution is -2.20. The van der Waals surface area contributed by atoms with Gasteiger partial charge in [-0.2, -0.15) is 0 Å².